The summed E-state index contributed by atoms with van der Waals surface area (Å²) in [5, 5.41) is 0. The number of nitrogens with zero attached hydrogens (tertiary/aromatic N) is 2. The Hall–Kier alpha value is -1.97. The summed E-state index contributed by atoms with van der Waals surface area (Å²) in [6, 6.07) is 3.48. The SMILES string of the molecule is CC(=O)N1C(C)=CC(=O)CC1c1cccnc1. The van der Waals surface area contributed by atoms with Gasteiger partial charge in [-0.3, -0.25) is 14.6 Å². The van der Waals surface area contributed by atoms with E-state index in [0.29, 0.717) is 12.1 Å². The zero-order valence-corrected chi connectivity index (χ0v) is 9.88. The maximum absolute atomic E-state index is 11.7. The van der Waals surface area contributed by atoms with Crippen molar-refractivity contribution in [3.63, 3.8) is 0 Å². The molecule has 4 heteroatoms. The van der Waals surface area contributed by atoms with E-state index in [1.165, 1.54) is 13.0 Å². The van der Waals surface area contributed by atoms with Gasteiger partial charge in [0, 0.05) is 37.5 Å². The maximum atomic E-state index is 11.7. The molecule has 1 atom stereocenters. The molecule has 0 spiro atoms. The van der Waals surface area contributed by atoms with Gasteiger partial charge in [-0.1, -0.05) is 6.07 Å². The lowest BCUT2D eigenvalue weighted by molar-refractivity contribution is -0.130. The van der Waals surface area contributed by atoms with Gasteiger partial charge in [-0.15, -0.1) is 0 Å². The van der Waals surface area contributed by atoms with Crippen LogP contribution in [0.5, 0.6) is 0 Å². The molecule has 0 aliphatic carbocycles. The van der Waals surface area contributed by atoms with Crippen LogP contribution in [0.2, 0.25) is 0 Å². The van der Waals surface area contributed by atoms with Gasteiger partial charge in [-0.05, 0) is 18.6 Å². The van der Waals surface area contributed by atoms with E-state index in [1.807, 2.05) is 12.1 Å². The normalized spacial score (nSPS) is 20.1. The second-order valence-electron chi connectivity index (χ2n) is 4.15. The summed E-state index contributed by atoms with van der Waals surface area (Å²) in [7, 11) is 0. The van der Waals surface area contributed by atoms with Gasteiger partial charge in [-0.25, -0.2) is 0 Å². The molecule has 2 rings (SSSR count). The molecule has 2 heterocycles. The largest absolute Gasteiger partial charge is 0.309 e. The number of carbonyl (C=O) groups is 2. The zero-order chi connectivity index (χ0) is 12.4. The fraction of sp³-hybridized carbons (Fsp3) is 0.308. The van der Waals surface area contributed by atoms with E-state index in [4.69, 9.17) is 0 Å². The first-order valence-electron chi connectivity index (χ1n) is 5.50. The molecule has 0 N–H and O–H groups in total. The lowest BCUT2D eigenvalue weighted by Gasteiger charge is -2.34. The highest BCUT2D eigenvalue weighted by Crippen LogP contribution is 2.31. The smallest absolute Gasteiger partial charge is 0.224 e. The molecule has 0 saturated carbocycles. The van der Waals surface area contributed by atoms with Crippen molar-refractivity contribution >= 4 is 11.7 Å². The van der Waals surface area contributed by atoms with Gasteiger partial charge in [0.2, 0.25) is 5.91 Å². The van der Waals surface area contributed by atoms with E-state index in [1.54, 1.807) is 24.2 Å². The van der Waals surface area contributed by atoms with Crippen LogP contribution in [0.3, 0.4) is 0 Å². The summed E-state index contributed by atoms with van der Waals surface area (Å²) in [6.07, 6.45) is 5.22. The Morgan fingerprint density at radius 1 is 1.53 bits per heavy atom. The molecule has 17 heavy (non-hydrogen) atoms. The highest BCUT2D eigenvalue weighted by Gasteiger charge is 2.30. The monoisotopic (exact) mass is 230 g/mol. The van der Waals surface area contributed by atoms with Crippen molar-refractivity contribution in [2.75, 3.05) is 0 Å². The second-order valence-corrected chi connectivity index (χ2v) is 4.15. The summed E-state index contributed by atoms with van der Waals surface area (Å²) in [4.78, 5) is 28.9. The molecule has 1 amide bonds. The van der Waals surface area contributed by atoms with Gasteiger partial charge in [0.15, 0.2) is 5.78 Å². The molecule has 88 valence electrons. The Bertz CT molecular complexity index is 479. The van der Waals surface area contributed by atoms with E-state index in [2.05, 4.69) is 4.98 Å². The average molecular weight is 230 g/mol. The van der Waals surface area contributed by atoms with Crippen molar-refractivity contribution in [1.82, 2.24) is 9.88 Å². The number of carbonyl (C=O) groups excluding carboxylic acids is 2. The number of hydrogen-bond acceptors (Lipinski definition) is 3. The highest BCUT2D eigenvalue weighted by molar-refractivity contribution is 5.93. The molecule has 0 saturated heterocycles. The third-order valence-corrected chi connectivity index (χ3v) is 2.86. The minimum Gasteiger partial charge on any atom is -0.309 e. The Morgan fingerprint density at radius 3 is 2.88 bits per heavy atom. The first-order valence-corrected chi connectivity index (χ1v) is 5.50. The van der Waals surface area contributed by atoms with Gasteiger partial charge < -0.3 is 4.90 Å². The zero-order valence-electron chi connectivity index (χ0n) is 9.88. The van der Waals surface area contributed by atoms with E-state index in [0.717, 1.165) is 5.56 Å². The van der Waals surface area contributed by atoms with Crippen LogP contribution in [0.25, 0.3) is 0 Å². The van der Waals surface area contributed by atoms with Crippen molar-refractivity contribution in [3.05, 3.63) is 41.9 Å². The van der Waals surface area contributed by atoms with Gasteiger partial charge >= 0.3 is 0 Å². The molecule has 1 aromatic heterocycles. The van der Waals surface area contributed by atoms with E-state index in [-0.39, 0.29) is 17.7 Å². The van der Waals surface area contributed by atoms with Crippen LogP contribution < -0.4 is 0 Å². The van der Waals surface area contributed by atoms with Crippen LogP contribution in [0, 0.1) is 0 Å². The lowest BCUT2D eigenvalue weighted by atomic mass is 9.96. The molecule has 1 aromatic rings. The number of ketones is 1. The molecular weight excluding hydrogens is 216 g/mol. The first-order chi connectivity index (χ1) is 8.09. The lowest BCUT2D eigenvalue weighted by Crippen LogP contribution is -2.36. The number of hydrogen-bond donors (Lipinski definition) is 0. The van der Waals surface area contributed by atoms with Gasteiger partial charge in [0.05, 0.1) is 6.04 Å². The Morgan fingerprint density at radius 2 is 2.29 bits per heavy atom. The Labute approximate surface area is 100.0 Å². The highest BCUT2D eigenvalue weighted by atomic mass is 16.2. The average Bonchev–Trinajstić information content (AvgIpc) is 2.28. The standard InChI is InChI=1S/C13H14N2O2/c1-9-6-12(17)7-13(15(9)10(2)16)11-4-3-5-14-8-11/h3-6,8,13H,7H2,1-2H3. The Kier molecular flexibility index (Phi) is 3.04. The quantitative estimate of drug-likeness (QED) is 0.739. The van der Waals surface area contributed by atoms with Crippen LogP contribution >= 0.6 is 0 Å². The van der Waals surface area contributed by atoms with Crippen molar-refractivity contribution < 1.29 is 9.59 Å². The topological polar surface area (TPSA) is 50.3 Å². The fourth-order valence-electron chi connectivity index (χ4n) is 2.20. The molecule has 0 fully saturated rings. The third kappa shape index (κ3) is 2.25. The molecule has 0 aromatic carbocycles. The van der Waals surface area contributed by atoms with Crippen molar-refractivity contribution in [2.24, 2.45) is 0 Å². The van der Waals surface area contributed by atoms with Crippen molar-refractivity contribution in [2.45, 2.75) is 26.3 Å². The number of amides is 1. The maximum Gasteiger partial charge on any atom is 0.224 e. The minimum atomic E-state index is -0.223. The van der Waals surface area contributed by atoms with Crippen LogP contribution in [0.4, 0.5) is 0 Å². The molecule has 0 bridgehead atoms. The van der Waals surface area contributed by atoms with Crippen molar-refractivity contribution in [3.8, 4) is 0 Å². The van der Waals surface area contributed by atoms with Gasteiger partial charge in [0.25, 0.3) is 0 Å². The van der Waals surface area contributed by atoms with E-state index in [9.17, 15) is 9.59 Å². The number of pyridine rings is 1. The van der Waals surface area contributed by atoms with E-state index >= 15 is 0 Å². The van der Waals surface area contributed by atoms with Gasteiger partial charge in [-0.2, -0.15) is 0 Å². The minimum absolute atomic E-state index is 0.0499. The Balaban J connectivity index is 2.42. The van der Waals surface area contributed by atoms with Crippen molar-refractivity contribution in [1.29, 1.82) is 0 Å². The predicted molar refractivity (Wildman–Crippen MR) is 62.9 cm³/mol. The van der Waals surface area contributed by atoms with Crippen LogP contribution in [-0.4, -0.2) is 21.6 Å². The molecule has 4 nitrogen and oxygen atoms in total. The summed E-state index contributed by atoms with van der Waals surface area (Å²) in [6.45, 7) is 3.29. The first kappa shape index (κ1) is 11.5. The molecule has 1 aliphatic heterocycles. The molecular formula is C13H14N2O2. The summed E-state index contributed by atoms with van der Waals surface area (Å²) < 4.78 is 0. The number of rotatable bonds is 1. The molecule has 1 unspecified atom stereocenters. The molecule has 0 radical (unpaired) electrons. The van der Waals surface area contributed by atoms with Gasteiger partial charge in [0.1, 0.15) is 0 Å². The second kappa shape index (κ2) is 4.49. The fourth-order valence-corrected chi connectivity index (χ4v) is 2.20. The van der Waals surface area contributed by atoms with E-state index < -0.39 is 0 Å². The summed E-state index contributed by atoms with van der Waals surface area (Å²) in [5.41, 5.74) is 1.59. The predicted octanol–water partition coefficient (Wildman–Crippen LogP) is 1.85. The molecule has 1 aliphatic rings. The number of aromatic nitrogens is 1. The number of allylic oxidation sites excluding steroid dienone is 2. The summed E-state index contributed by atoms with van der Waals surface area (Å²) in [5.74, 6) is -0.00560. The third-order valence-electron chi connectivity index (χ3n) is 2.86. The van der Waals surface area contributed by atoms with Crippen LogP contribution in [-0.2, 0) is 9.59 Å². The summed E-state index contributed by atoms with van der Waals surface area (Å²) >= 11 is 0. The van der Waals surface area contributed by atoms with Crippen LogP contribution in [0.1, 0.15) is 31.9 Å². The van der Waals surface area contributed by atoms with Crippen LogP contribution in [0.15, 0.2) is 36.3 Å².